The SMILES string of the molecule is CCc1ccccc1C(=N)CC(=N)c1ccccc1C. The van der Waals surface area contributed by atoms with Gasteiger partial charge in [0.05, 0.1) is 0 Å². The quantitative estimate of drug-likeness (QED) is 0.753. The first kappa shape index (κ1) is 14.2. The van der Waals surface area contributed by atoms with Crippen molar-refractivity contribution >= 4 is 11.4 Å². The highest BCUT2D eigenvalue weighted by Gasteiger charge is 2.11. The lowest BCUT2D eigenvalue weighted by Gasteiger charge is -2.11. The highest BCUT2D eigenvalue weighted by atomic mass is 14.5. The van der Waals surface area contributed by atoms with Gasteiger partial charge in [-0.15, -0.1) is 0 Å². The van der Waals surface area contributed by atoms with Crippen LogP contribution in [0.5, 0.6) is 0 Å². The molecule has 0 saturated heterocycles. The minimum absolute atomic E-state index is 0.377. The van der Waals surface area contributed by atoms with E-state index in [0.717, 1.165) is 23.1 Å². The molecule has 2 N–H and O–H groups in total. The summed E-state index contributed by atoms with van der Waals surface area (Å²) >= 11 is 0. The Kier molecular flexibility index (Phi) is 4.46. The van der Waals surface area contributed by atoms with Crippen molar-refractivity contribution < 1.29 is 0 Å². The lowest BCUT2D eigenvalue weighted by molar-refractivity contribution is 1.13. The Labute approximate surface area is 120 Å². The highest BCUT2D eigenvalue weighted by Crippen LogP contribution is 2.15. The van der Waals surface area contributed by atoms with Crippen molar-refractivity contribution in [3.8, 4) is 0 Å². The molecule has 0 heterocycles. The fraction of sp³-hybridized carbons (Fsp3) is 0.222. The molecule has 0 bridgehead atoms. The summed E-state index contributed by atoms with van der Waals surface area (Å²) in [7, 11) is 0. The lowest BCUT2D eigenvalue weighted by atomic mass is 9.94. The Morgan fingerprint density at radius 3 is 2.05 bits per heavy atom. The summed E-state index contributed by atoms with van der Waals surface area (Å²) in [6.45, 7) is 4.10. The lowest BCUT2D eigenvalue weighted by Crippen LogP contribution is -2.11. The fourth-order valence-corrected chi connectivity index (χ4v) is 2.40. The molecule has 0 fully saturated rings. The molecule has 2 heteroatoms. The predicted molar refractivity (Wildman–Crippen MR) is 85.3 cm³/mol. The molecule has 0 atom stereocenters. The van der Waals surface area contributed by atoms with E-state index in [1.54, 1.807) is 0 Å². The molecule has 0 radical (unpaired) electrons. The maximum absolute atomic E-state index is 8.28. The van der Waals surface area contributed by atoms with Gasteiger partial charge in [-0.2, -0.15) is 0 Å². The van der Waals surface area contributed by atoms with Crippen LogP contribution in [0.3, 0.4) is 0 Å². The number of nitrogens with one attached hydrogen (secondary N) is 2. The maximum atomic E-state index is 8.28. The van der Waals surface area contributed by atoms with E-state index in [9.17, 15) is 0 Å². The summed E-state index contributed by atoms with van der Waals surface area (Å²) in [6.07, 6.45) is 1.29. The molecule has 0 aliphatic carbocycles. The van der Waals surface area contributed by atoms with Crippen LogP contribution in [-0.4, -0.2) is 11.4 Å². The van der Waals surface area contributed by atoms with Crippen molar-refractivity contribution in [3.63, 3.8) is 0 Å². The van der Waals surface area contributed by atoms with Gasteiger partial charge in [0, 0.05) is 17.8 Å². The smallest absolute Gasteiger partial charge is 0.0448 e. The molecule has 0 aliphatic rings. The highest BCUT2D eigenvalue weighted by molar-refractivity contribution is 6.16. The van der Waals surface area contributed by atoms with Crippen molar-refractivity contribution in [2.24, 2.45) is 0 Å². The van der Waals surface area contributed by atoms with Crippen LogP contribution >= 0.6 is 0 Å². The summed E-state index contributed by atoms with van der Waals surface area (Å²) in [5, 5.41) is 16.5. The summed E-state index contributed by atoms with van der Waals surface area (Å²) in [5.74, 6) is 0. The molecular weight excluding hydrogens is 244 g/mol. The number of benzene rings is 2. The van der Waals surface area contributed by atoms with Gasteiger partial charge >= 0.3 is 0 Å². The van der Waals surface area contributed by atoms with E-state index in [2.05, 4.69) is 13.0 Å². The third-order valence-electron chi connectivity index (χ3n) is 3.55. The molecule has 0 aromatic heterocycles. The minimum Gasteiger partial charge on any atom is -0.304 e. The Morgan fingerprint density at radius 1 is 0.850 bits per heavy atom. The molecule has 0 spiro atoms. The average Bonchev–Trinajstić information content (AvgIpc) is 2.47. The Hall–Kier alpha value is -2.22. The van der Waals surface area contributed by atoms with Crippen LogP contribution in [0.1, 0.15) is 35.6 Å². The van der Waals surface area contributed by atoms with E-state index in [-0.39, 0.29) is 0 Å². The van der Waals surface area contributed by atoms with Crippen LogP contribution in [0, 0.1) is 17.7 Å². The third kappa shape index (κ3) is 3.02. The molecule has 2 nitrogen and oxygen atoms in total. The molecule has 20 heavy (non-hydrogen) atoms. The van der Waals surface area contributed by atoms with Crippen molar-refractivity contribution in [3.05, 3.63) is 70.8 Å². The monoisotopic (exact) mass is 264 g/mol. The van der Waals surface area contributed by atoms with Gasteiger partial charge in [0.25, 0.3) is 0 Å². The van der Waals surface area contributed by atoms with Crippen molar-refractivity contribution in [1.29, 1.82) is 10.8 Å². The molecule has 0 saturated carbocycles. The largest absolute Gasteiger partial charge is 0.304 e. The first-order chi connectivity index (χ1) is 9.63. The summed E-state index contributed by atoms with van der Waals surface area (Å²) in [4.78, 5) is 0. The van der Waals surface area contributed by atoms with Crippen LogP contribution in [0.2, 0.25) is 0 Å². The second-order valence-corrected chi connectivity index (χ2v) is 4.96. The Balaban J connectivity index is 2.20. The number of aryl methyl sites for hydroxylation is 2. The predicted octanol–water partition coefficient (Wildman–Crippen LogP) is 4.38. The third-order valence-corrected chi connectivity index (χ3v) is 3.55. The van der Waals surface area contributed by atoms with Gasteiger partial charge in [-0.05, 0) is 35.6 Å². The van der Waals surface area contributed by atoms with Gasteiger partial charge in [-0.1, -0.05) is 55.5 Å². The van der Waals surface area contributed by atoms with Gasteiger partial charge in [-0.3, -0.25) is 0 Å². The average molecular weight is 264 g/mol. The topological polar surface area (TPSA) is 47.7 Å². The van der Waals surface area contributed by atoms with Crippen molar-refractivity contribution in [2.45, 2.75) is 26.7 Å². The van der Waals surface area contributed by atoms with Gasteiger partial charge in [0.1, 0.15) is 0 Å². The van der Waals surface area contributed by atoms with E-state index in [4.69, 9.17) is 10.8 Å². The summed E-state index contributed by atoms with van der Waals surface area (Å²) < 4.78 is 0. The first-order valence-electron chi connectivity index (χ1n) is 6.92. The van der Waals surface area contributed by atoms with Gasteiger partial charge in [0.2, 0.25) is 0 Å². The zero-order valence-electron chi connectivity index (χ0n) is 12.0. The fourth-order valence-electron chi connectivity index (χ4n) is 2.40. The van der Waals surface area contributed by atoms with Gasteiger partial charge in [-0.25, -0.2) is 0 Å². The van der Waals surface area contributed by atoms with E-state index >= 15 is 0 Å². The molecule has 2 aromatic rings. The van der Waals surface area contributed by atoms with Crippen LogP contribution < -0.4 is 0 Å². The normalized spacial score (nSPS) is 10.3. The van der Waals surface area contributed by atoms with E-state index in [1.807, 2.05) is 49.4 Å². The summed E-state index contributed by atoms with van der Waals surface area (Å²) in [6, 6.07) is 15.9. The van der Waals surface area contributed by atoms with Crippen LogP contribution in [0.25, 0.3) is 0 Å². The minimum atomic E-state index is 0.377. The second-order valence-electron chi connectivity index (χ2n) is 4.96. The van der Waals surface area contributed by atoms with Crippen molar-refractivity contribution in [1.82, 2.24) is 0 Å². The van der Waals surface area contributed by atoms with Gasteiger partial charge < -0.3 is 10.8 Å². The zero-order valence-corrected chi connectivity index (χ0v) is 12.0. The maximum Gasteiger partial charge on any atom is 0.0448 e. The summed E-state index contributed by atoms with van der Waals surface area (Å²) in [5.41, 5.74) is 5.21. The van der Waals surface area contributed by atoms with Crippen LogP contribution in [0.15, 0.2) is 48.5 Å². The van der Waals surface area contributed by atoms with Crippen LogP contribution in [-0.2, 0) is 6.42 Å². The molecule has 0 unspecified atom stereocenters. The number of hydrogen-bond donors (Lipinski definition) is 2. The van der Waals surface area contributed by atoms with Gasteiger partial charge in [0.15, 0.2) is 0 Å². The molecular formula is C18H20N2. The number of rotatable bonds is 5. The van der Waals surface area contributed by atoms with E-state index in [1.165, 1.54) is 5.56 Å². The Bertz CT molecular complexity index is 641. The van der Waals surface area contributed by atoms with Crippen LogP contribution in [0.4, 0.5) is 0 Å². The molecule has 102 valence electrons. The van der Waals surface area contributed by atoms with Crippen molar-refractivity contribution in [2.75, 3.05) is 0 Å². The molecule has 2 aromatic carbocycles. The first-order valence-corrected chi connectivity index (χ1v) is 6.92. The standard InChI is InChI=1S/C18H20N2/c1-3-14-9-5-7-11-16(14)18(20)12-17(19)15-10-6-4-8-13(15)2/h4-11,19-20H,3,12H2,1-2H3. The van der Waals surface area contributed by atoms with E-state index in [0.29, 0.717) is 17.8 Å². The second kappa shape index (κ2) is 6.29. The molecule has 0 aliphatic heterocycles. The molecule has 0 amide bonds. The molecule has 2 rings (SSSR count). The van der Waals surface area contributed by atoms with E-state index < -0.39 is 0 Å². The zero-order chi connectivity index (χ0) is 14.5. The number of hydrogen-bond acceptors (Lipinski definition) is 2. The Morgan fingerprint density at radius 2 is 1.40 bits per heavy atom.